The van der Waals surface area contributed by atoms with E-state index in [1.165, 1.54) is 4.90 Å². The zero-order valence-electron chi connectivity index (χ0n) is 18.6. The highest BCUT2D eigenvalue weighted by Crippen LogP contribution is 2.25. The van der Waals surface area contributed by atoms with Gasteiger partial charge >= 0.3 is 0 Å². The fourth-order valence-corrected chi connectivity index (χ4v) is 3.10. The van der Waals surface area contributed by atoms with Crippen LogP contribution in [0.3, 0.4) is 0 Å². The SMILES string of the molecule is COc1cccc(-c2cc(C(=O)N(CC(=O)NCCN(C)C)Cc3ccccc3)no2)c1. The maximum absolute atomic E-state index is 13.2. The summed E-state index contributed by atoms with van der Waals surface area (Å²) in [6.45, 7) is 1.42. The third-order valence-corrected chi connectivity index (χ3v) is 4.80. The summed E-state index contributed by atoms with van der Waals surface area (Å²) in [5, 5.41) is 6.81. The van der Waals surface area contributed by atoms with Gasteiger partial charge in [-0.15, -0.1) is 0 Å². The fraction of sp³-hybridized carbons (Fsp3) is 0.292. The van der Waals surface area contributed by atoms with Gasteiger partial charge < -0.3 is 24.4 Å². The van der Waals surface area contributed by atoms with Crippen LogP contribution in [-0.4, -0.2) is 67.6 Å². The van der Waals surface area contributed by atoms with Gasteiger partial charge in [0.2, 0.25) is 5.91 Å². The summed E-state index contributed by atoms with van der Waals surface area (Å²) in [7, 11) is 5.45. The largest absolute Gasteiger partial charge is 0.497 e. The number of hydrogen-bond donors (Lipinski definition) is 1. The van der Waals surface area contributed by atoms with Crippen molar-refractivity contribution in [3.63, 3.8) is 0 Å². The Morgan fingerprint density at radius 2 is 1.84 bits per heavy atom. The van der Waals surface area contributed by atoms with Crippen LogP contribution in [0.2, 0.25) is 0 Å². The Labute approximate surface area is 187 Å². The lowest BCUT2D eigenvalue weighted by molar-refractivity contribution is -0.121. The maximum atomic E-state index is 13.2. The van der Waals surface area contributed by atoms with E-state index in [0.29, 0.717) is 24.6 Å². The quantitative estimate of drug-likeness (QED) is 0.526. The Morgan fingerprint density at radius 1 is 1.06 bits per heavy atom. The van der Waals surface area contributed by atoms with E-state index in [1.54, 1.807) is 19.2 Å². The van der Waals surface area contributed by atoms with Gasteiger partial charge in [-0.2, -0.15) is 0 Å². The van der Waals surface area contributed by atoms with Gasteiger partial charge in [0.1, 0.15) is 12.3 Å². The Morgan fingerprint density at radius 3 is 2.56 bits per heavy atom. The van der Waals surface area contributed by atoms with Crippen molar-refractivity contribution in [1.82, 2.24) is 20.3 Å². The Balaban J connectivity index is 1.76. The number of rotatable bonds is 10. The second-order valence-corrected chi connectivity index (χ2v) is 7.61. The molecule has 0 aliphatic carbocycles. The fourth-order valence-electron chi connectivity index (χ4n) is 3.10. The molecule has 2 aromatic carbocycles. The smallest absolute Gasteiger partial charge is 0.276 e. The molecule has 0 aliphatic heterocycles. The van der Waals surface area contributed by atoms with Crippen LogP contribution in [0.15, 0.2) is 65.2 Å². The van der Waals surface area contributed by atoms with E-state index in [-0.39, 0.29) is 30.6 Å². The summed E-state index contributed by atoms with van der Waals surface area (Å²) in [4.78, 5) is 29.1. The molecule has 168 valence electrons. The van der Waals surface area contributed by atoms with Crippen molar-refractivity contribution in [2.24, 2.45) is 0 Å². The molecule has 3 rings (SSSR count). The van der Waals surface area contributed by atoms with Crippen LogP contribution in [0.1, 0.15) is 16.1 Å². The summed E-state index contributed by atoms with van der Waals surface area (Å²) in [5.41, 5.74) is 1.80. The number of amides is 2. The molecule has 0 bridgehead atoms. The molecule has 2 amide bonds. The standard InChI is InChI=1S/C24H28N4O4/c1-27(2)13-12-25-23(29)17-28(16-18-8-5-4-6-9-18)24(30)21-15-22(32-26-21)19-10-7-11-20(14-19)31-3/h4-11,14-15H,12-13,16-17H2,1-3H3,(H,25,29). The Hall–Kier alpha value is -3.65. The number of methoxy groups -OCH3 is 1. The first-order valence-corrected chi connectivity index (χ1v) is 10.3. The number of carbonyl (C=O) groups is 2. The average Bonchev–Trinajstić information content (AvgIpc) is 3.29. The van der Waals surface area contributed by atoms with Crippen molar-refractivity contribution >= 4 is 11.8 Å². The zero-order chi connectivity index (χ0) is 22.9. The summed E-state index contributed by atoms with van der Waals surface area (Å²) >= 11 is 0. The molecule has 0 unspecified atom stereocenters. The molecular formula is C24H28N4O4. The van der Waals surface area contributed by atoms with Crippen LogP contribution in [-0.2, 0) is 11.3 Å². The normalized spacial score (nSPS) is 10.8. The molecule has 0 fully saturated rings. The number of likely N-dealkylation sites (N-methyl/N-ethyl adjacent to an activating group) is 1. The highest BCUT2D eigenvalue weighted by atomic mass is 16.5. The second kappa shape index (κ2) is 11.1. The van der Waals surface area contributed by atoms with Crippen molar-refractivity contribution in [3.05, 3.63) is 71.9 Å². The van der Waals surface area contributed by atoms with Crippen LogP contribution >= 0.6 is 0 Å². The van der Waals surface area contributed by atoms with Crippen LogP contribution in [0, 0.1) is 0 Å². The number of nitrogens with one attached hydrogen (secondary N) is 1. The van der Waals surface area contributed by atoms with Crippen molar-refractivity contribution in [2.45, 2.75) is 6.54 Å². The summed E-state index contributed by atoms with van der Waals surface area (Å²) in [5.74, 6) is 0.511. The molecule has 0 aliphatic rings. The van der Waals surface area contributed by atoms with Crippen LogP contribution in [0.4, 0.5) is 0 Å². The van der Waals surface area contributed by atoms with E-state index < -0.39 is 0 Å². The van der Waals surface area contributed by atoms with Crippen molar-refractivity contribution < 1.29 is 18.8 Å². The van der Waals surface area contributed by atoms with Gasteiger partial charge in [0, 0.05) is 31.3 Å². The Bertz CT molecular complexity index is 1030. The molecule has 1 heterocycles. The molecule has 1 aromatic heterocycles. The number of benzene rings is 2. The monoisotopic (exact) mass is 436 g/mol. The van der Waals surface area contributed by atoms with Gasteiger partial charge in [-0.3, -0.25) is 9.59 Å². The van der Waals surface area contributed by atoms with E-state index in [9.17, 15) is 9.59 Å². The molecule has 32 heavy (non-hydrogen) atoms. The number of nitrogens with zero attached hydrogens (tertiary/aromatic N) is 3. The molecule has 3 aromatic rings. The molecular weight excluding hydrogens is 408 g/mol. The molecule has 8 nitrogen and oxygen atoms in total. The van der Waals surface area contributed by atoms with E-state index in [2.05, 4.69) is 10.5 Å². The minimum absolute atomic E-state index is 0.0808. The first-order valence-electron chi connectivity index (χ1n) is 10.3. The zero-order valence-corrected chi connectivity index (χ0v) is 18.6. The van der Waals surface area contributed by atoms with Crippen LogP contribution in [0.5, 0.6) is 5.75 Å². The summed E-state index contributed by atoms with van der Waals surface area (Å²) < 4.78 is 10.6. The van der Waals surface area contributed by atoms with Gasteiger partial charge in [-0.05, 0) is 31.8 Å². The molecule has 8 heteroatoms. The number of aromatic nitrogens is 1. The lowest BCUT2D eigenvalue weighted by atomic mass is 10.1. The Kier molecular flexibility index (Phi) is 7.99. The van der Waals surface area contributed by atoms with E-state index in [1.807, 2.05) is 67.5 Å². The highest BCUT2D eigenvalue weighted by molar-refractivity contribution is 5.95. The molecule has 0 radical (unpaired) electrons. The van der Waals surface area contributed by atoms with Gasteiger partial charge in [-0.25, -0.2) is 0 Å². The minimum atomic E-state index is -0.380. The molecule has 0 saturated carbocycles. The molecule has 0 saturated heterocycles. The first-order chi connectivity index (χ1) is 15.5. The number of hydrogen-bond acceptors (Lipinski definition) is 6. The number of carbonyl (C=O) groups excluding carboxylic acids is 2. The van der Waals surface area contributed by atoms with Crippen molar-refractivity contribution in [1.29, 1.82) is 0 Å². The van der Waals surface area contributed by atoms with Crippen LogP contribution in [0.25, 0.3) is 11.3 Å². The third-order valence-electron chi connectivity index (χ3n) is 4.80. The third kappa shape index (κ3) is 6.42. The average molecular weight is 437 g/mol. The summed E-state index contributed by atoms with van der Waals surface area (Å²) in [6, 6.07) is 18.4. The van der Waals surface area contributed by atoms with Gasteiger partial charge in [0.05, 0.1) is 7.11 Å². The second-order valence-electron chi connectivity index (χ2n) is 7.61. The van der Waals surface area contributed by atoms with E-state index in [0.717, 1.165) is 11.1 Å². The number of ether oxygens (including phenoxy) is 1. The van der Waals surface area contributed by atoms with Gasteiger partial charge in [0.25, 0.3) is 5.91 Å². The predicted octanol–water partition coefficient (Wildman–Crippen LogP) is 2.67. The van der Waals surface area contributed by atoms with E-state index in [4.69, 9.17) is 9.26 Å². The molecule has 1 N–H and O–H groups in total. The first kappa shape index (κ1) is 23.0. The predicted molar refractivity (Wildman–Crippen MR) is 121 cm³/mol. The topological polar surface area (TPSA) is 87.9 Å². The highest BCUT2D eigenvalue weighted by Gasteiger charge is 2.23. The summed E-state index contributed by atoms with van der Waals surface area (Å²) in [6.07, 6.45) is 0. The van der Waals surface area contributed by atoms with Crippen molar-refractivity contribution in [3.8, 4) is 17.1 Å². The molecule has 0 atom stereocenters. The minimum Gasteiger partial charge on any atom is -0.497 e. The van der Waals surface area contributed by atoms with Gasteiger partial charge in [-0.1, -0.05) is 47.6 Å². The van der Waals surface area contributed by atoms with Crippen LogP contribution < -0.4 is 10.1 Å². The maximum Gasteiger partial charge on any atom is 0.276 e. The lowest BCUT2D eigenvalue weighted by Gasteiger charge is -2.21. The lowest BCUT2D eigenvalue weighted by Crippen LogP contribution is -2.42. The van der Waals surface area contributed by atoms with E-state index >= 15 is 0 Å². The van der Waals surface area contributed by atoms with Crippen molar-refractivity contribution in [2.75, 3.05) is 40.8 Å². The molecule has 0 spiro atoms. The van der Waals surface area contributed by atoms with Gasteiger partial charge in [0.15, 0.2) is 11.5 Å².